The first-order chi connectivity index (χ1) is 15.5. The average molecular weight is 478 g/mol. The van der Waals surface area contributed by atoms with E-state index < -0.39 is 0 Å². The molecular weight excluding hydrogens is 449 g/mol. The summed E-state index contributed by atoms with van der Waals surface area (Å²) in [5.74, 6) is -0.241. The van der Waals surface area contributed by atoms with Crippen molar-refractivity contribution in [1.82, 2.24) is 4.90 Å². The van der Waals surface area contributed by atoms with E-state index in [9.17, 15) is 9.59 Å². The minimum atomic E-state index is -0.205. The Morgan fingerprint density at radius 1 is 1.06 bits per heavy atom. The summed E-state index contributed by atoms with van der Waals surface area (Å²) >= 11 is 12.0. The van der Waals surface area contributed by atoms with Gasteiger partial charge in [0.2, 0.25) is 11.8 Å². The molecule has 0 spiro atoms. The fourth-order valence-electron chi connectivity index (χ4n) is 3.62. The molecule has 0 aliphatic carbocycles. The fourth-order valence-corrected chi connectivity index (χ4v) is 3.95. The van der Waals surface area contributed by atoms with Crippen LogP contribution < -0.4 is 10.2 Å². The van der Waals surface area contributed by atoms with Gasteiger partial charge in [-0.15, -0.1) is 0 Å². The van der Waals surface area contributed by atoms with Crippen LogP contribution in [0, 0.1) is 0 Å². The molecular formula is C24H29Cl2N3O3. The largest absolute Gasteiger partial charge is 0.378 e. The van der Waals surface area contributed by atoms with Gasteiger partial charge < -0.3 is 19.9 Å². The van der Waals surface area contributed by atoms with Crippen LogP contribution in [-0.2, 0) is 20.7 Å². The standard InChI is InChI=1S/C24H29Cl2N3O3/c1-2-28(24(31)5-3-4-18-6-11-21(25)22(26)16-18)17-23(30)27-19-7-9-20(10-8-19)29-12-14-32-15-13-29/h6-11,16H,2-5,12-15,17H2,1H3,(H,27,30). The lowest BCUT2D eigenvalue weighted by molar-refractivity contribution is -0.134. The van der Waals surface area contributed by atoms with E-state index in [4.69, 9.17) is 27.9 Å². The highest BCUT2D eigenvalue weighted by atomic mass is 35.5. The van der Waals surface area contributed by atoms with Crippen LogP contribution in [-0.4, -0.2) is 56.1 Å². The third kappa shape index (κ3) is 7.12. The number of carbonyl (C=O) groups excluding carboxylic acids is 2. The highest BCUT2D eigenvalue weighted by Gasteiger charge is 2.16. The molecule has 3 rings (SSSR count). The lowest BCUT2D eigenvalue weighted by Crippen LogP contribution is -2.37. The molecule has 0 unspecified atom stereocenters. The molecule has 0 radical (unpaired) electrons. The number of aryl methyl sites for hydroxylation is 1. The maximum atomic E-state index is 12.6. The zero-order chi connectivity index (χ0) is 22.9. The molecule has 1 heterocycles. The van der Waals surface area contributed by atoms with Crippen LogP contribution >= 0.6 is 23.2 Å². The molecule has 0 saturated carbocycles. The van der Waals surface area contributed by atoms with E-state index in [1.54, 1.807) is 11.0 Å². The van der Waals surface area contributed by atoms with E-state index in [-0.39, 0.29) is 18.4 Å². The minimum Gasteiger partial charge on any atom is -0.378 e. The van der Waals surface area contributed by atoms with E-state index >= 15 is 0 Å². The van der Waals surface area contributed by atoms with Crippen LogP contribution in [0.4, 0.5) is 11.4 Å². The van der Waals surface area contributed by atoms with Crippen LogP contribution in [0.5, 0.6) is 0 Å². The van der Waals surface area contributed by atoms with Crippen molar-refractivity contribution in [3.8, 4) is 0 Å². The van der Waals surface area contributed by atoms with Gasteiger partial charge in [0.1, 0.15) is 0 Å². The van der Waals surface area contributed by atoms with Gasteiger partial charge in [0, 0.05) is 37.4 Å². The summed E-state index contributed by atoms with van der Waals surface area (Å²) in [6, 6.07) is 13.3. The Balaban J connectivity index is 1.44. The van der Waals surface area contributed by atoms with Crippen LogP contribution in [0.15, 0.2) is 42.5 Å². The van der Waals surface area contributed by atoms with Gasteiger partial charge in [0.15, 0.2) is 0 Å². The van der Waals surface area contributed by atoms with Crippen molar-refractivity contribution in [3.05, 3.63) is 58.1 Å². The van der Waals surface area contributed by atoms with Crippen molar-refractivity contribution in [3.63, 3.8) is 0 Å². The number of hydrogen-bond donors (Lipinski definition) is 1. The van der Waals surface area contributed by atoms with Crippen LogP contribution in [0.3, 0.4) is 0 Å². The highest BCUT2D eigenvalue weighted by molar-refractivity contribution is 6.42. The summed E-state index contributed by atoms with van der Waals surface area (Å²) < 4.78 is 5.38. The number of anilines is 2. The molecule has 1 fully saturated rings. The van der Waals surface area contributed by atoms with Crippen molar-refractivity contribution in [1.29, 1.82) is 0 Å². The van der Waals surface area contributed by atoms with Gasteiger partial charge >= 0.3 is 0 Å². The van der Waals surface area contributed by atoms with E-state index in [0.717, 1.165) is 49.7 Å². The second-order valence-corrected chi connectivity index (χ2v) is 8.52. The summed E-state index contributed by atoms with van der Waals surface area (Å²) in [5.41, 5.74) is 2.86. The number of nitrogens with zero attached hydrogens (tertiary/aromatic N) is 2. The average Bonchev–Trinajstić information content (AvgIpc) is 2.80. The maximum Gasteiger partial charge on any atom is 0.243 e. The number of benzene rings is 2. The predicted octanol–water partition coefficient (Wildman–Crippen LogP) is 4.64. The molecule has 2 amide bonds. The summed E-state index contributed by atoms with van der Waals surface area (Å²) in [4.78, 5) is 28.9. The SMILES string of the molecule is CCN(CC(=O)Nc1ccc(N2CCOCC2)cc1)C(=O)CCCc1ccc(Cl)c(Cl)c1. The molecule has 1 N–H and O–H groups in total. The molecule has 0 aromatic heterocycles. The second-order valence-electron chi connectivity index (χ2n) is 7.70. The molecule has 0 bridgehead atoms. The molecule has 6 nitrogen and oxygen atoms in total. The number of ether oxygens (including phenoxy) is 1. The summed E-state index contributed by atoms with van der Waals surface area (Å²) in [6.07, 6.45) is 1.77. The lowest BCUT2D eigenvalue weighted by Gasteiger charge is -2.29. The number of amides is 2. The third-order valence-electron chi connectivity index (χ3n) is 5.44. The molecule has 2 aromatic carbocycles. The summed E-state index contributed by atoms with van der Waals surface area (Å²) in [5, 5.41) is 3.92. The smallest absolute Gasteiger partial charge is 0.243 e. The topological polar surface area (TPSA) is 61.9 Å². The minimum absolute atomic E-state index is 0.0350. The molecule has 8 heteroatoms. The van der Waals surface area contributed by atoms with Gasteiger partial charge in [-0.2, -0.15) is 0 Å². The molecule has 1 saturated heterocycles. The Labute approximate surface area is 199 Å². The monoisotopic (exact) mass is 477 g/mol. The van der Waals surface area contributed by atoms with E-state index in [2.05, 4.69) is 10.2 Å². The Morgan fingerprint density at radius 3 is 2.44 bits per heavy atom. The number of likely N-dealkylation sites (N-methyl/N-ethyl adjacent to an activating group) is 1. The summed E-state index contributed by atoms with van der Waals surface area (Å²) in [6.45, 7) is 5.58. The number of nitrogens with one attached hydrogen (secondary N) is 1. The first kappa shape index (κ1) is 24.4. The number of hydrogen-bond acceptors (Lipinski definition) is 4. The first-order valence-corrected chi connectivity index (χ1v) is 11.7. The highest BCUT2D eigenvalue weighted by Crippen LogP contribution is 2.23. The van der Waals surface area contributed by atoms with E-state index in [1.165, 1.54) is 0 Å². The normalized spacial score (nSPS) is 13.7. The van der Waals surface area contributed by atoms with E-state index in [0.29, 0.717) is 29.4 Å². The number of rotatable bonds is 9. The van der Waals surface area contributed by atoms with Crippen LogP contribution in [0.25, 0.3) is 0 Å². The lowest BCUT2D eigenvalue weighted by atomic mass is 10.1. The first-order valence-electron chi connectivity index (χ1n) is 10.9. The molecule has 1 aliphatic rings. The van der Waals surface area contributed by atoms with Gasteiger partial charge in [-0.1, -0.05) is 29.3 Å². The van der Waals surface area contributed by atoms with Gasteiger partial charge in [0.25, 0.3) is 0 Å². The van der Waals surface area contributed by atoms with Gasteiger partial charge in [-0.3, -0.25) is 9.59 Å². The second kappa shape index (κ2) is 12.1. The fraction of sp³-hybridized carbons (Fsp3) is 0.417. The molecule has 172 valence electrons. The van der Waals surface area contributed by atoms with Gasteiger partial charge in [-0.25, -0.2) is 0 Å². The number of halogens is 2. The van der Waals surface area contributed by atoms with Gasteiger partial charge in [0.05, 0.1) is 29.8 Å². The Kier molecular flexibility index (Phi) is 9.21. The van der Waals surface area contributed by atoms with Crippen molar-refractivity contribution in [2.45, 2.75) is 26.2 Å². The molecule has 32 heavy (non-hydrogen) atoms. The van der Waals surface area contributed by atoms with Crippen molar-refractivity contribution >= 4 is 46.4 Å². The Morgan fingerprint density at radius 2 is 1.78 bits per heavy atom. The van der Waals surface area contributed by atoms with Crippen molar-refractivity contribution in [2.75, 3.05) is 49.6 Å². The van der Waals surface area contributed by atoms with Crippen molar-refractivity contribution < 1.29 is 14.3 Å². The number of morpholine rings is 1. The maximum absolute atomic E-state index is 12.6. The zero-order valence-electron chi connectivity index (χ0n) is 18.3. The van der Waals surface area contributed by atoms with Crippen LogP contribution in [0.1, 0.15) is 25.3 Å². The van der Waals surface area contributed by atoms with E-state index in [1.807, 2.05) is 43.3 Å². The Hall–Kier alpha value is -2.28. The summed E-state index contributed by atoms with van der Waals surface area (Å²) in [7, 11) is 0. The Bertz CT molecular complexity index is 915. The third-order valence-corrected chi connectivity index (χ3v) is 6.18. The number of carbonyl (C=O) groups is 2. The predicted molar refractivity (Wildman–Crippen MR) is 130 cm³/mol. The van der Waals surface area contributed by atoms with Crippen LogP contribution in [0.2, 0.25) is 10.0 Å². The quantitative estimate of drug-likeness (QED) is 0.571. The zero-order valence-corrected chi connectivity index (χ0v) is 19.8. The molecule has 1 aliphatic heterocycles. The van der Waals surface area contributed by atoms with Crippen molar-refractivity contribution in [2.24, 2.45) is 0 Å². The molecule has 2 aromatic rings. The van der Waals surface area contributed by atoms with Gasteiger partial charge in [-0.05, 0) is 61.7 Å². The molecule has 0 atom stereocenters.